The molecular formula is C27H44N2O6. The van der Waals surface area contributed by atoms with Crippen molar-refractivity contribution in [2.24, 2.45) is 11.8 Å². The summed E-state index contributed by atoms with van der Waals surface area (Å²) in [4.78, 5) is 44.8. The second-order valence-corrected chi connectivity index (χ2v) is 10.6. The molecule has 8 heteroatoms. The maximum atomic E-state index is 14.2. The van der Waals surface area contributed by atoms with Gasteiger partial charge in [0.05, 0.1) is 18.1 Å². The number of aliphatic hydroxyl groups excluding tert-OH is 1. The Morgan fingerprint density at radius 2 is 2.00 bits per heavy atom. The van der Waals surface area contributed by atoms with Crippen LogP contribution in [-0.2, 0) is 23.9 Å². The second kappa shape index (κ2) is 11.4. The molecule has 3 fully saturated rings. The van der Waals surface area contributed by atoms with Gasteiger partial charge >= 0.3 is 5.97 Å². The van der Waals surface area contributed by atoms with Crippen LogP contribution in [0.4, 0.5) is 0 Å². The van der Waals surface area contributed by atoms with Crippen LogP contribution in [0.15, 0.2) is 12.7 Å². The van der Waals surface area contributed by atoms with Crippen molar-refractivity contribution in [1.29, 1.82) is 0 Å². The number of hydrogen-bond donors (Lipinski definition) is 1. The third-order valence-electron chi connectivity index (χ3n) is 8.21. The summed E-state index contributed by atoms with van der Waals surface area (Å²) in [5.41, 5.74) is -1.83. The third kappa shape index (κ3) is 4.88. The van der Waals surface area contributed by atoms with Gasteiger partial charge in [0, 0.05) is 25.7 Å². The second-order valence-electron chi connectivity index (χ2n) is 10.6. The highest BCUT2D eigenvalue weighted by atomic mass is 16.6. The number of amides is 2. The summed E-state index contributed by atoms with van der Waals surface area (Å²) >= 11 is 0. The first-order valence-electron chi connectivity index (χ1n) is 13.4. The van der Waals surface area contributed by atoms with Crippen LogP contribution in [0, 0.1) is 11.8 Å². The van der Waals surface area contributed by atoms with E-state index in [0.29, 0.717) is 25.9 Å². The monoisotopic (exact) mass is 492 g/mol. The van der Waals surface area contributed by atoms with E-state index in [2.05, 4.69) is 13.5 Å². The number of likely N-dealkylation sites (tertiary alicyclic amines) is 1. The molecule has 3 heterocycles. The molecule has 0 aliphatic carbocycles. The highest BCUT2D eigenvalue weighted by Crippen LogP contribution is 2.63. The lowest BCUT2D eigenvalue weighted by molar-refractivity contribution is -0.160. The number of fused-ring (bicyclic) bond motifs is 1. The number of hydrogen-bond acceptors (Lipinski definition) is 6. The minimum absolute atomic E-state index is 0.00232. The fraction of sp³-hybridized carbons (Fsp3) is 0.815. The van der Waals surface area contributed by atoms with E-state index in [-0.39, 0.29) is 31.1 Å². The van der Waals surface area contributed by atoms with Gasteiger partial charge in [0.15, 0.2) is 0 Å². The Morgan fingerprint density at radius 3 is 2.63 bits per heavy atom. The molecule has 198 valence electrons. The molecule has 0 aromatic heterocycles. The highest BCUT2D eigenvalue weighted by Gasteiger charge is 2.78. The van der Waals surface area contributed by atoms with Crippen LogP contribution in [-0.4, -0.2) is 82.3 Å². The molecule has 0 radical (unpaired) electrons. The van der Waals surface area contributed by atoms with Crippen molar-refractivity contribution in [3.8, 4) is 0 Å². The van der Waals surface area contributed by atoms with Gasteiger partial charge in [-0.05, 0) is 52.9 Å². The number of carbonyl (C=O) groups excluding carboxylic acids is 3. The molecule has 3 aliphatic rings. The Labute approximate surface area is 210 Å². The molecule has 2 bridgehead atoms. The molecule has 1 N–H and O–H groups in total. The molecule has 3 aliphatic heterocycles. The largest absolute Gasteiger partial charge is 0.466 e. The van der Waals surface area contributed by atoms with E-state index in [1.54, 1.807) is 17.9 Å². The smallest absolute Gasteiger partial charge is 0.312 e. The molecule has 35 heavy (non-hydrogen) atoms. The van der Waals surface area contributed by atoms with Crippen molar-refractivity contribution in [2.75, 3.05) is 26.3 Å². The van der Waals surface area contributed by atoms with E-state index in [1.165, 1.54) is 0 Å². The zero-order chi connectivity index (χ0) is 25.8. The highest BCUT2D eigenvalue weighted by molar-refractivity contribution is 5.98. The van der Waals surface area contributed by atoms with Crippen molar-refractivity contribution in [3.63, 3.8) is 0 Å². The fourth-order valence-electron chi connectivity index (χ4n) is 6.64. The zero-order valence-corrected chi connectivity index (χ0v) is 22.0. The van der Waals surface area contributed by atoms with Gasteiger partial charge in [-0.2, -0.15) is 0 Å². The summed E-state index contributed by atoms with van der Waals surface area (Å²) in [6, 6.07) is -0.768. The molecule has 1 spiro atoms. The Balaban J connectivity index is 1.98. The van der Waals surface area contributed by atoms with Crippen LogP contribution in [0.5, 0.6) is 0 Å². The quantitative estimate of drug-likeness (QED) is 0.227. The van der Waals surface area contributed by atoms with Crippen LogP contribution in [0.2, 0.25) is 0 Å². The predicted molar refractivity (Wildman–Crippen MR) is 132 cm³/mol. The summed E-state index contributed by atoms with van der Waals surface area (Å²) in [5, 5.41) is 9.09. The lowest BCUT2D eigenvalue weighted by Crippen LogP contribution is -2.58. The SMILES string of the molecule is C=CCN(C(=O)C1N(CCCCCCO)C(=O)[C@@H]2[C@H](C(=O)OCC)[C@]3(C)CCC12O3)C(C)CCC. The van der Waals surface area contributed by atoms with E-state index in [9.17, 15) is 14.4 Å². The van der Waals surface area contributed by atoms with E-state index in [0.717, 1.165) is 38.5 Å². The normalized spacial score (nSPS) is 32.0. The van der Waals surface area contributed by atoms with Crippen LogP contribution < -0.4 is 0 Å². The number of carbonyl (C=O) groups is 3. The van der Waals surface area contributed by atoms with Gasteiger partial charge in [0.2, 0.25) is 11.8 Å². The lowest BCUT2D eigenvalue weighted by atomic mass is 9.66. The first kappa shape index (κ1) is 27.7. The molecule has 0 aromatic carbocycles. The first-order valence-corrected chi connectivity index (χ1v) is 13.4. The Bertz CT molecular complexity index is 803. The van der Waals surface area contributed by atoms with E-state index < -0.39 is 35.0 Å². The van der Waals surface area contributed by atoms with Crippen LogP contribution in [0.25, 0.3) is 0 Å². The molecule has 0 aromatic rings. The van der Waals surface area contributed by atoms with Crippen molar-refractivity contribution in [1.82, 2.24) is 9.80 Å². The molecule has 0 saturated carbocycles. The molecule has 2 amide bonds. The lowest BCUT2D eigenvalue weighted by Gasteiger charge is -2.39. The van der Waals surface area contributed by atoms with Crippen LogP contribution in [0.3, 0.4) is 0 Å². The molecule has 3 rings (SSSR count). The molecular weight excluding hydrogens is 448 g/mol. The van der Waals surface area contributed by atoms with Gasteiger partial charge in [-0.25, -0.2) is 0 Å². The van der Waals surface area contributed by atoms with E-state index in [1.807, 2.05) is 18.7 Å². The van der Waals surface area contributed by atoms with Crippen molar-refractivity contribution >= 4 is 17.8 Å². The van der Waals surface area contributed by atoms with Gasteiger partial charge in [-0.15, -0.1) is 6.58 Å². The Hall–Kier alpha value is -1.93. The number of unbranched alkanes of at least 4 members (excludes halogenated alkanes) is 3. The third-order valence-corrected chi connectivity index (χ3v) is 8.21. The number of aliphatic hydroxyl groups is 1. The van der Waals surface area contributed by atoms with Gasteiger partial charge < -0.3 is 24.4 Å². The number of esters is 1. The molecule has 8 nitrogen and oxygen atoms in total. The van der Waals surface area contributed by atoms with Crippen molar-refractivity contribution < 1.29 is 29.0 Å². The van der Waals surface area contributed by atoms with Crippen molar-refractivity contribution in [3.05, 3.63) is 12.7 Å². The van der Waals surface area contributed by atoms with E-state index >= 15 is 0 Å². The zero-order valence-electron chi connectivity index (χ0n) is 22.0. The minimum atomic E-state index is -1.02. The van der Waals surface area contributed by atoms with Gasteiger partial charge in [0.1, 0.15) is 17.6 Å². The van der Waals surface area contributed by atoms with Crippen molar-refractivity contribution in [2.45, 2.75) is 102 Å². The molecule has 6 atom stereocenters. The topological polar surface area (TPSA) is 96.4 Å². The average Bonchev–Trinajstić information content (AvgIpc) is 3.38. The number of rotatable bonds is 14. The average molecular weight is 493 g/mol. The maximum Gasteiger partial charge on any atom is 0.312 e. The summed E-state index contributed by atoms with van der Waals surface area (Å²) in [6.45, 7) is 12.8. The van der Waals surface area contributed by atoms with Gasteiger partial charge in [0.25, 0.3) is 0 Å². The molecule has 3 saturated heterocycles. The summed E-state index contributed by atoms with van der Waals surface area (Å²) in [5.74, 6) is -2.12. The first-order chi connectivity index (χ1) is 16.7. The maximum absolute atomic E-state index is 14.2. The summed E-state index contributed by atoms with van der Waals surface area (Å²) in [7, 11) is 0. The summed E-state index contributed by atoms with van der Waals surface area (Å²) < 4.78 is 12.0. The standard InChI is InChI=1S/C27H44N2O6/c1-6-13-19(4)28(16-7-2)24(32)22-27-15-14-26(5,35-27)21(25(33)34-8-3)20(27)23(31)29(22)17-11-9-10-12-18-30/h7,19-22,30H,2,6,8-18H2,1,3-5H3/t19?,20-,21+,22?,26-,27?/m0/s1. The predicted octanol–water partition coefficient (Wildman–Crippen LogP) is 3.07. The minimum Gasteiger partial charge on any atom is -0.466 e. The van der Waals surface area contributed by atoms with Crippen LogP contribution >= 0.6 is 0 Å². The number of nitrogens with zero attached hydrogens (tertiary/aromatic N) is 2. The molecule has 3 unspecified atom stereocenters. The number of ether oxygens (including phenoxy) is 2. The Morgan fingerprint density at radius 1 is 1.29 bits per heavy atom. The van der Waals surface area contributed by atoms with Crippen LogP contribution in [0.1, 0.15) is 79.1 Å². The van der Waals surface area contributed by atoms with Gasteiger partial charge in [-0.3, -0.25) is 14.4 Å². The fourth-order valence-corrected chi connectivity index (χ4v) is 6.64. The van der Waals surface area contributed by atoms with Gasteiger partial charge in [-0.1, -0.05) is 32.3 Å². The summed E-state index contributed by atoms with van der Waals surface area (Å²) in [6.07, 6.45) is 7.85. The van der Waals surface area contributed by atoms with E-state index in [4.69, 9.17) is 14.6 Å². The Kier molecular flexibility index (Phi) is 9.02.